The second-order valence-corrected chi connectivity index (χ2v) is 7.04. The van der Waals surface area contributed by atoms with E-state index in [1.165, 1.54) is 11.1 Å². The SMILES string of the molecule is NCc1ccc(CNCCc2ccc(N=C(N)c3cccs3)cc2)cc1. The average molecular weight is 365 g/mol. The first-order valence-corrected chi connectivity index (χ1v) is 9.58. The summed E-state index contributed by atoms with van der Waals surface area (Å²) in [4.78, 5) is 5.47. The number of thiophene rings is 1. The molecule has 0 saturated heterocycles. The van der Waals surface area contributed by atoms with Gasteiger partial charge in [-0.2, -0.15) is 0 Å². The van der Waals surface area contributed by atoms with Crippen molar-refractivity contribution >= 4 is 22.9 Å². The maximum atomic E-state index is 6.02. The Morgan fingerprint density at radius 1 is 0.923 bits per heavy atom. The van der Waals surface area contributed by atoms with E-state index in [0.29, 0.717) is 12.4 Å². The predicted molar refractivity (Wildman–Crippen MR) is 111 cm³/mol. The molecule has 2 aromatic carbocycles. The molecule has 1 aromatic heterocycles. The summed E-state index contributed by atoms with van der Waals surface area (Å²) in [6.07, 6.45) is 0.977. The highest BCUT2D eigenvalue weighted by atomic mass is 32.1. The minimum absolute atomic E-state index is 0.565. The smallest absolute Gasteiger partial charge is 0.141 e. The topological polar surface area (TPSA) is 76.4 Å². The Balaban J connectivity index is 1.46. The Bertz CT molecular complexity index is 821. The summed E-state index contributed by atoms with van der Waals surface area (Å²) in [5.74, 6) is 0.565. The Kier molecular flexibility index (Phi) is 6.55. The standard InChI is InChI=1S/C21H24N4S/c22-14-17-3-5-18(6-4-17)15-24-12-11-16-7-9-19(10-8-16)25-21(23)20-2-1-13-26-20/h1-10,13,24H,11-12,14-15,22H2,(H2,23,25). The van der Waals surface area contributed by atoms with Crippen molar-refractivity contribution in [2.45, 2.75) is 19.5 Å². The molecule has 0 fully saturated rings. The molecule has 5 heteroatoms. The molecule has 0 atom stereocenters. The first-order chi connectivity index (χ1) is 12.7. The number of nitrogens with two attached hydrogens (primary N) is 2. The zero-order valence-corrected chi connectivity index (χ0v) is 15.5. The third-order valence-corrected chi connectivity index (χ3v) is 5.03. The van der Waals surface area contributed by atoms with Gasteiger partial charge >= 0.3 is 0 Å². The third-order valence-electron chi connectivity index (χ3n) is 4.14. The summed E-state index contributed by atoms with van der Waals surface area (Å²) in [6.45, 7) is 2.38. The third kappa shape index (κ3) is 5.26. The van der Waals surface area contributed by atoms with Gasteiger partial charge in [0, 0.05) is 13.1 Å². The fraction of sp³-hybridized carbons (Fsp3) is 0.190. The molecular weight excluding hydrogens is 340 g/mol. The van der Waals surface area contributed by atoms with Crippen molar-refractivity contribution in [2.75, 3.05) is 6.54 Å². The van der Waals surface area contributed by atoms with Gasteiger partial charge in [0.2, 0.25) is 0 Å². The molecule has 3 rings (SSSR count). The Morgan fingerprint density at radius 2 is 1.62 bits per heavy atom. The van der Waals surface area contributed by atoms with Crippen LogP contribution in [0.1, 0.15) is 21.6 Å². The van der Waals surface area contributed by atoms with Gasteiger partial charge in [-0.1, -0.05) is 42.5 Å². The van der Waals surface area contributed by atoms with Crippen LogP contribution < -0.4 is 16.8 Å². The van der Waals surface area contributed by atoms with Crippen molar-refractivity contribution in [3.05, 3.63) is 87.6 Å². The lowest BCUT2D eigenvalue weighted by Crippen LogP contribution is -2.16. The van der Waals surface area contributed by atoms with Crippen LogP contribution in [-0.4, -0.2) is 12.4 Å². The summed E-state index contributed by atoms with van der Waals surface area (Å²) in [5.41, 5.74) is 16.2. The van der Waals surface area contributed by atoms with E-state index in [2.05, 4.69) is 46.7 Å². The van der Waals surface area contributed by atoms with Gasteiger partial charge in [-0.15, -0.1) is 11.3 Å². The van der Waals surface area contributed by atoms with E-state index >= 15 is 0 Å². The number of nitrogens with zero attached hydrogens (tertiary/aromatic N) is 1. The summed E-state index contributed by atoms with van der Waals surface area (Å²) in [6, 6.07) is 20.6. The normalized spacial score (nSPS) is 11.7. The van der Waals surface area contributed by atoms with Gasteiger partial charge in [0.05, 0.1) is 10.6 Å². The quantitative estimate of drug-likeness (QED) is 0.325. The molecule has 26 heavy (non-hydrogen) atoms. The highest BCUT2D eigenvalue weighted by Gasteiger charge is 2.00. The molecule has 1 heterocycles. The predicted octanol–water partition coefficient (Wildman–Crippen LogP) is 3.58. The molecule has 0 saturated carbocycles. The largest absolute Gasteiger partial charge is 0.383 e. The summed E-state index contributed by atoms with van der Waals surface area (Å²) in [5, 5.41) is 5.48. The van der Waals surface area contributed by atoms with Crippen LogP contribution in [0, 0.1) is 0 Å². The van der Waals surface area contributed by atoms with Crippen LogP contribution in [-0.2, 0) is 19.5 Å². The molecular formula is C21H24N4S. The van der Waals surface area contributed by atoms with Gasteiger partial charge in [0.1, 0.15) is 5.84 Å². The molecule has 4 nitrogen and oxygen atoms in total. The minimum atomic E-state index is 0.565. The van der Waals surface area contributed by atoms with Crippen LogP contribution in [0.15, 0.2) is 71.0 Å². The second kappa shape index (κ2) is 9.29. The number of rotatable bonds is 8. The van der Waals surface area contributed by atoms with E-state index in [0.717, 1.165) is 35.6 Å². The highest BCUT2D eigenvalue weighted by molar-refractivity contribution is 7.12. The number of hydrogen-bond acceptors (Lipinski definition) is 4. The lowest BCUT2D eigenvalue weighted by atomic mass is 10.1. The molecule has 0 amide bonds. The van der Waals surface area contributed by atoms with E-state index in [4.69, 9.17) is 11.5 Å². The molecule has 0 aliphatic rings. The first kappa shape index (κ1) is 18.3. The Labute approximate surface area is 158 Å². The second-order valence-electron chi connectivity index (χ2n) is 6.09. The van der Waals surface area contributed by atoms with Crippen LogP contribution in [0.2, 0.25) is 0 Å². The summed E-state index contributed by atoms with van der Waals surface area (Å²) >= 11 is 1.60. The molecule has 5 N–H and O–H groups in total. The Hall–Kier alpha value is -2.47. The monoisotopic (exact) mass is 364 g/mol. The highest BCUT2D eigenvalue weighted by Crippen LogP contribution is 2.16. The number of amidine groups is 1. The molecule has 0 spiro atoms. The molecule has 134 valence electrons. The molecule has 0 aliphatic carbocycles. The van der Waals surface area contributed by atoms with Crippen LogP contribution >= 0.6 is 11.3 Å². The zero-order valence-electron chi connectivity index (χ0n) is 14.7. The Morgan fingerprint density at radius 3 is 2.27 bits per heavy atom. The van der Waals surface area contributed by atoms with Crippen molar-refractivity contribution in [3.8, 4) is 0 Å². The van der Waals surface area contributed by atoms with Crippen molar-refractivity contribution in [2.24, 2.45) is 16.5 Å². The van der Waals surface area contributed by atoms with Gasteiger partial charge in [-0.05, 0) is 53.2 Å². The van der Waals surface area contributed by atoms with Gasteiger partial charge in [-0.25, -0.2) is 4.99 Å². The van der Waals surface area contributed by atoms with Crippen molar-refractivity contribution in [1.82, 2.24) is 5.32 Å². The minimum Gasteiger partial charge on any atom is -0.383 e. The van der Waals surface area contributed by atoms with Crippen molar-refractivity contribution < 1.29 is 0 Å². The molecule has 0 unspecified atom stereocenters. The van der Waals surface area contributed by atoms with E-state index in [1.807, 2.05) is 29.6 Å². The fourth-order valence-corrected chi connectivity index (χ4v) is 3.24. The van der Waals surface area contributed by atoms with Gasteiger partial charge in [0.25, 0.3) is 0 Å². The van der Waals surface area contributed by atoms with E-state index in [1.54, 1.807) is 11.3 Å². The van der Waals surface area contributed by atoms with Crippen LogP contribution in [0.3, 0.4) is 0 Å². The van der Waals surface area contributed by atoms with Crippen molar-refractivity contribution in [1.29, 1.82) is 0 Å². The number of benzene rings is 2. The van der Waals surface area contributed by atoms with Crippen LogP contribution in [0.4, 0.5) is 5.69 Å². The maximum absolute atomic E-state index is 6.02. The van der Waals surface area contributed by atoms with E-state index in [-0.39, 0.29) is 0 Å². The van der Waals surface area contributed by atoms with E-state index < -0.39 is 0 Å². The lowest BCUT2D eigenvalue weighted by molar-refractivity contribution is 0.687. The zero-order chi connectivity index (χ0) is 18.2. The maximum Gasteiger partial charge on any atom is 0.141 e. The van der Waals surface area contributed by atoms with Gasteiger partial charge < -0.3 is 16.8 Å². The lowest BCUT2D eigenvalue weighted by Gasteiger charge is -2.06. The summed E-state index contributed by atoms with van der Waals surface area (Å²) in [7, 11) is 0. The number of nitrogens with one attached hydrogen (secondary N) is 1. The molecule has 0 radical (unpaired) electrons. The molecule has 0 aliphatic heterocycles. The fourth-order valence-electron chi connectivity index (χ4n) is 2.61. The number of hydrogen-bond donors (Lipinski definition) is 3. The van der Waals surface area contributed by atoms with Crippen molar-refractivity contribution in [3.63, 3.8) is 0 Å². The van der Waals surface area contributed by atoms with Crippen LogP contribution in [0.5, 0.6) is 0 Å². The first-order valence-electron chi connectivity index (χ1n) is 8.70. The van der Waals surface area contributed by atoms with Crippen LogP contribution in [0.25, 0.3) is 0 Å². The summed E-state index contributed by atoms with van der Waals surface area (Å²) < 4.78 is 0. The molecule has 3 aromatic rings. The number of aliphatic imine (C=N–C) groups is 1. The van der Waals surface area contributed by atoms with Gasteiger partial charge in [-0.3, -0.25) is 0 Å². The average Bonchev–Trinajstić information content (AvgIpc) is 3.22. The molecule has 0 bridgehead atoms. The van der Waals surface area contributed by atoms with Gasteiger partial charge in [0.15, 0.2) is 0 Å². The van der Waals surface area contributed by atoms with E-state index in [9.17, 15) is 0 Å².